The van der Waals surface area contributed by atoms with E-state index in [9.17, 15) is 0 Å². The maximum absolute atomic E-state index is 5.03. The predicted molar refractivity (Wildman–Crippen MR) is 236 cm³/mol. The van der Waals surface area contributed by atoms with Gasteiger partial charge >= 0.3 is 0 Å². The molecule has 10 rings (SSSR count). The molecule has 0 saturated heterocycles. The van der Waals surface area contributed by atoms with E-state index < -0.39 is 0 Å². The number of rotatable bonds is 9. The van der Waals surface area contributed by atoms with Crippen molar-refractivity contribution in [3.63, 3.8) is 0 Å². The third kappa shape index (κ3) is 7.66. The minimum atomic E-state index is 0.559. The lowest BCUT2D eigenvalue weighted by Gasteiger charge is -2.11. The molecule has 3 aromatic carbocycles. The van der Waals surface area contributed by atoms with Crippen molar-refractivity contribution in [2.75, 3.05) is 0 Å². The van der Waals surface area contributed by atoms with Crippen LogP contribution in [-0.4, -0.2) is 44.9 Å². The minimum absolute atomic E-state index is 0.559. The second-order valence-electron chi connectivity index (χ2n) is 14.0. The van der Waals surface area contributed by atoms with Gasteiger partial charge in [0.2, 0.25) is 0 Å². The number of benzene rings is 3. The molecule has 10 aromatic rings. The van der Waals surface area contributed by atoms with Gasteiger partial charge in [-0.2, -0.15) is 0 Å². The van der Waals surface area contributed by atoms with Gasteiger partial charge in [0.25, 0.3) is 0 Å². The zero-order chi connectivity index (χ0) is 40.1. The maximum Gasteiger partial charge on any atom is 0.164 e. The van der Waals surface area contributed by atoms with Gasteiger partial charge in [0.1, 0.15) is 0 Å². The van der Waals surface area contributed by atoms with Crippen molar-refractivity contribution in [1.82, 2.24) is 44.9 Å². The van der Waals surface area contributed by atoms with Gasteiger partial charge in [-0.3, -0.25) is 15.0 Å². The zero-order valence-corrected chi connectivity index (χ0v) is 32.1. The molecule has 0 aliphatic carbocycles. The average molecular weight is 772 g/mol. The Labute approximate surface area is 346 Å². The highest BCUT2D eigenvalue weighted by molar-refractivity contribution is 5.74. The molecule has 9 nitrogen and oxygen atoms in total. The topological polar surface area (TPSA) is 116 Å². The van der Waals surface area contributed by atoms with E-state index in [1.807, 2.05) is 146 Å². The Morgan fingerprint density at radius 2 is 0.450 bits per heavy atom. The van der Waals surface area contributed by atoms with Crippen molar-refractivity contribution in [2.24, 2.45) is 0 Å². The Kier molecular flexibility index (Phi) is 9.71. The first-order valence-corrected chi connectivity index (χ1v) is 19.4. The standard InChI is InChI=1S/C51H33N9/c1-10-43(55-46(13-1)40-7-4-28-52-31-40)34-16-22-37(23-17-34)49-58-50(38-24-18-35(19-25-38)44-11-2-14-47(56-44)41-8-5-29-53-32-41)60-51(59-49)39-26-20-36(21-27-39)45-12-3-15-48(57-45)42-9-6-30-54-33-42/h1-33H. The number of hydrogen-bond donors (Lipinski definition) is 0. The van der Waals surface area contributed by atoms with Crippen LogP contribution in [-0.2, 0) is 0 Å². The highest BCUT2D eigenvalue weighted by Crippen LogP contribution is 2.31. The minimum Gasteiger partial charge on any atom is -0.264 e. The number of pyridine rings is 6. The molecule has 0 aliphatic heterocycles. The molecule has 7 heterocycles. The SMILES string of the molecule is c1cncc(-c2cccc(-c3ccc(-c4nc(-c5ccc(-c6cccc(-c7cccnc7)n6)cc5)nc(-c5ccc(-c6cccc(-c7cccnc7)n6)cc5)n4)cc3)n2)c1. The fourth-order valence-electron chi connectivity index (χ4n) is 6.95. The van der Waals surface area contributed by atoms with Crippen LogP contribution in [0.4, 0.5) is 0 Å². The van der Waals surface area contributed by atoms with Crippen molar-refractivity contribution in [2.45, 2.75) is 0 Å². The Hall–Kier alpha value is -8.43. The highest BCUT2D eigenvalue weighted by atomic mass is 15.0. The van der Waals surface area contributed by atoms with Crippen LogP contribution in [0, 0.1) is 0 Å². The van der Waals surface area contributed by atoms with E-state index in [-0.39, 0.29) is 0 Å². The molecule has 60 heavy (non-hydrogen) atoms. The summed E-state index contributed by atoms with van der Waals surface area (Å²) in [6.07, 6.45) is 10.8. The normalized spacial score (nSPS) is 11.0. The van der Waals surface area contributed by atoms with Crippen LogP contribution in [0.3, 0.4) is 0 Å². The van der Waals surface area contributed by atoms with Gasteiger partial charge in [0.05, 0.1) is 34.2 Å². The van der Waals surface area contributed by atoms with Gasteiger partial charge in [-0.1, -0.05) is 91.0 Å². The Morgan fingerprint density at radius 1 is 0.200 bits per heavy atom. The fourth-order valence-corrected chi connectivity index (χ4v) is 6.95. The van der Waals surface area contributed by atoms with Crippen LogP contribution in [0.25, 0.3) is 102 Å². The quantitative estimate of drug-likeness (QED) is 0.141. The molecule has 0 fully saturated rings. The summed E-state index contributed by atoms with van der Waals surface area (Å²) in [5.74, 6) is 1.68. The van der Waals surface area contributed by atoms with E-state index in [0.29, 0.717) is 17.5 Å². The van der Waals surface area contributed by atoms with E-state index in [1.165, 1.54) is 0 Å². The molecule has 282 valence electrons. The van der Waals surface area contributed by atoms with E-state index in [2.05, 4.69) is 51.4 Å². The van der Waals surface area contributed by atoms with E-state index in [1.54, 1.807) is 18.6 Å². The second-order valence-corrected chi connectivity index (χ2v) is 14.0. The number of aromatic nitrogens is 9. The number of hydrogen-bond acceptors (Lipinski definition) is 9. The first-order valence-electron chi connectivity index (χ1n) is 19.4. The van der Waals surface area contributed by atoms with Crippen molar-refractivity contribution in [3.05, 3.63) is 201 Å². The van der Waals surface area contributed by atoms with Gasteiger partial charge in [-0.25, -0.2) is 29.9 Å². The van der Waals surface area contributed by atoms with Gasteiger partial charge in [-0.15, -0.1) is 0 Å². The lowest BCUT2D eigenvalue weighted by atomic mass is 10.1. The largest absolute Gasteiger partial charge is 0.264 e. The first-order chi connectivity index (χ1) is 29.7. The van der Waals surface area contributed by atoms with Gasteiger partial charge in [0.15, 0.2) is 17.5 Å². The second kappa shape index (κ2) is 16.2. The summed E-state index contributed by atoms with van der Waals surface area (Å²) in [6, 6.07) is 54.3. The molecular formula is C51H33N9. The Bertz CT molecular complexity index is 2710. The molecule has 0 unspecified atom stereocenters. The summed E-state index contributed by atoms with van der Waals surface area (Å²) in [4.78, 5) is 42.7. The van der Waals surface area contributed by atoms with Gasteiger partial charge < -0.3 is 0 Å². The molecule has 0 spiro atoms. The third-order valence-electron chi connectivity index (χ3n) is 10.1. The third-order valence-corrected chi connectivity index (χ3v) is 10.1. The summed E-state index contributed by atoms with van der Waals surface area (Å²) in [7, 11) is 0. The average Bonchev–Trinajstić information content (AvgIpc) is 3.35. The summed E-state index contributed by atoms with van der Waals surface area (Å²) >= 11 is 0. The van der Waals surface area contributed by atoms with Crippen LogP contribution in [0.2, 0.25) is 0 Å². The van der Waals surface area contributed by atoms with Crippen LogP contribution in [0.1, 0.15) is 0 Å². The monoisotopic (exact) mass is 771 g/mol. The van der Waals surface area contributed by atoms with E-state index >= 15 is 0 Å². The lowest BCUT2D eigenvalue weighted by Crippen LogP contribution is -2.00. The van der Waals surface area contributed by atoms with Crippen molar-refractivity contribution >= 4 is 0 Å². The van der Waals surface area contributed by atoms with Gasteiger partial charge in [-0.05, 0) is 72.8 Å². The Balaban J connectivity index is 0.997. The summed E-state index contributed by atoms with van der Waals surface area (Å²) in [6.45, 7) is 0. The summed E-state index contributed by atoms with van der Waals surface area (Å²) < 4.78 is 0. The molecule has 0 amide bonds. The van der Waals surface area contributed by atoms with E-state index in [0.717, 1.165) is 84.2 Å². The fraction of sp³-hybridized carbons (Fsp3) is 0. The van der Waals surface area contributed by atoms with Crippen molar-refractivity contribution in [3.8, 4) is 102 Å². The predicted octanol–water partition coefficient (Wildman–Crippen LogP) is 11.2. The molecular weight excluding hydrogens is 739 g/mol. The molecule has 7 aromatic heterocycles. The first kappa shape index (κ1) is 35.9. The van der Waals surface area contributed by atoms with Crippen molar-refractivity contribution in [1.29, 1.82) is 0 Å². The summed E-state index contributed by atoms with van der Waals surface area (Å²) in [5, 5.41) is 0. The smallest absolute Gasteiger partial charge is 0.164 e. The highest BCUT2D eigenvalue weighted by Gasteiger charge is 2.15. The van der Waals surface area contributed by atoms with Crippen LogP contribution < -0.4 is 0 Å². The van der Waals surface area contributed by atoms with E-state index in [4.69, 9.17) is 29.9 Å². The summed E-state index contributed by atoms with van der Waals surface area (Å²) in [5.41, 5.74) is 13.6. The molecule has 0 saturated carbocycles. The Morgan fingerprint density at radius 3 is 0.700 bits per heavy atom. The number of nitrogens with zero attached hydrogens (tertiary/aromatic N) is 9. The van der Waals surface area contributed by atoms with Crippen LogP contribution >= 0.6 is 0 Å². The lowest BCUT2D eigenvalue weighted by molar-refractivity contribution is 1.07. The maximum atomic E-state index is 5.03. The molecule has 0 N–H and O–H groups in total. The molecule has 0 aliphatic rings. The molecule has 0 atom stereocenters. The zero-order valence-electron chi connectivity index (χ0n) is 32.1. The molecule has 0 radical (unpaired) electrons. The molecule has 9 heteroatoms. The van der Waals surface area contributed by atoms with Crippen LogP contribution in [0.15, 0.2) is 201 Å². The van der Waals surface area contributed by atoms with Crippen molar-refractivity contribution < 1.29 is 0 Å². The van der Waals surface area contributed by atoms with Crippen LogP contribution in [0.5, 0.6) is 0 Å². The van der Waals surface area contributed by atoms with Gasteiger partial charge in [0, 0.05) is 87.3 Å². The molecule has 0 bridgehead atoms.